The molecule has 2 bridgehead atoms. The van der Waals surface area contributed by atoms with E-state index >= 15 is 0 Å². The molecule has 134 valence electrons. The van der Waals surface area contributed by atoms with E-state index in [4.69, 9.17) is 4.74 Å². The van der Waals surface area contributed by atoms with Crippen LogP contribution < -0.4 is 10.6 Å². The maximum Gasteiger partial charge on any atom is 0.245 e. The van der Waals surface area contributed by atoms with Gasteiger partial charge in [0.15, 0.2) is 0 Å². The van der Waals surface area contributed by atoms with Crippen molar-refractivity contribution in [2.75, 3.05) is 13.7 Å². The van der Waals surface area contributed by atoms with Crippen LogP contribution in [0.25, 0.3) is 0 Å². The summed E-state index contributed by atoms with van der Waals surface area (Å²) in [4.78, 5) is 23.1. The molecule has 0 radical (unpaired) electrons. The van der Waals surface area contributed by atoms with Crippen LogP contribution >= 0.6 is 0 Å². The van der Waals surface area contributed by atoms with Crippen molar-refractivity contribution in [2.45, 2.75) is 71.9 Å². The van der Waals surface area contributed by atoms with Gasteiger partial charge in [0.25, 0.3) is 0 Å². The van der Waals surface area contributed by atoms with Gasteiger partial charge >= 0.3 is 0 Å². The highest BCUT2D eigenvalue weighted by Crippen LogP contribution is 2.45. The van der Waals surface area contributed by atoms with Crippen molar-refractivity contribution in [3.8, 4) is 0 Å². The van der Waals surface area contributed by atoms with Gasteiger partial charge in [-0.25, -0.2) is 0 Å². The van der Waals surface area contributed by atoms with Gasteiger partial charge in [0.1, 0.15) is 6.04 Å². The van der Waals surface area contributed by atoms with Crippen molar-refractivity contribution in [1.29, 1.82) is 0 Å². The molecule has 0 saturated heterocycles. The van der Waals surface area contributed by atoms with E-state index in [0.717, 1.165) is 11.8 Å². The Hall–Kier alpha value is -1.10. The highest BCUT2D eigenvalue weighted by molar-refractivity contribution is 5.87. The molecule has 3 aliphatic carbocycles. The molecule has 5 nitrogen and oxygen atoms in total. The van der Waals surface area contributed by atoms with E-state index in [1.165, 1.54) is 39.0 Å². The molecule has 0 aromatic rings. The molecule has 3 rings (SSSR count). The normalized spacial score (nSPS) is 28.1. The van der Waals surface area contributed by atoms with E-state index < -0.39 is 6.04 Å². The number of likely N-dealkylation sites (N-methyl/N-ethyl adjacent to an activating group) is 1. The molecule has 3 atom stereocenters. The van der Waals surface area contributed by atoms with Gasteiger partial charge in [-0.3, -0.25) is 9.59 Å². The predicted octanol–water partition coefficient (Wildman–Crippen LogP) is 2.49. The lowest BCUT2D eigenvalue weighted by Gasteiger charge is -2.42. The summed E-state index contributed by atoms with van der Waals surface area (Å²) in [6.07, 6.45) is 6.37. The number of carbonyl (C=O) groups excluding carboxylic acids is 2. The average molecular weight is 326 g/mol. The fourth-order valence-corrected chi connectivity index (χ4v) is 3.86. The minimum atomic E-state index is -0.617. The first-order valence-electron chi connectivity index (χ1n) is 9.11. The lowest BCUT2D eigenvalue weighted by atomic mass is 9.65. The Morgan fingerprint density at radius 2 is 1.78 bits per heavy atom. The van der Waals surface area contributed by atoms with Crippen LogP contribution in [0.4, 0.5) is 0 Å². The Morgan fingerprint density at radius 3 is 2.22 bits per heavy atom. The number of fused-ring (bicyclic) bond motifs is 3. The third-order valence-electron chi connectivity index (χ3n) is 5.12. The highest BCUT2D eigenvalue weighted by atomic mass is 16.5. The summed E-state index contributed by atoms with van der Waals surface area (Å²) in [6.45, 7) is 7.98. The summed E-state index contributed by atoms with van der Waals surface area (Å²) in [5, 5.41) is 5.26. The zero-order chi connectivity index (χ0) is 17.4. The molecule has 2 N–H and O–H groups in total. The van der Waals surface area contributed by atoms with E-state index in [1.54, 1.807) is 7.05 Å². The lowest BCUT2D eigenvalue weighted by molar-refractivity contribution is -0.132. The summed E-state index contributed by atoms with van der Waals surface area (Å²) in [5.74, 6) is 1.88. The predicted molar refractivity (Wildman–Crippen MR) is 92.0 cm³/mol. The number of hydrogen-bond donors (Lipinski definition) is 2. The molecule has 3 aliphatic rings. The zero-order valence-corrected chi connectivity index (χ0v) is 15.4. The smallest absolute Gasteiger partial charge is 0.245 e. The van der Waals surface area contributed by atoms with Crippen molar-refractivity contribution in [1.82, 2.24) is 10.6 Å². The molecule has 3 unspecified atom stereocenters. The quantitative estimate of drug-likeness (QED) is 0.788. The largest absolute Gasteiger partial charge is 0.376 e. The van der Waals surface area contributed by atoms with Crippen molar-refractivity contribution in [3.63, 3.8) is 0 Å². The highest BCUT2D eigenvalue weighted by Gasteiger charge is 2.36. The Morgan fingerprint density at radius 1 is 1.17 bits per heavy atom. The van der Waals surface area contributed by atoms with E-state index in [9.17, 15) is 9.59 Å². The fraction of sp³-hybridized carbons (Fsp3) is 0.889. The number of carbonyl (C=O) groups is 2. The number of ether oxygens (including phenoxy) is 1. The van der Waals surface area contributed by atoms with E-state index in [1.807, 2.05) is 20.8 Å². The van der Waals surface area contributed by atoms with Crippen LogP contribution in [-0.4, -0.2) is 37.6 Å². The van der Waals surface area contributed by atoms with Gasteiger partial charge in [0, 0.05) is 14.0 Å². The maximum absolute atomic E-state index is 11.9. The molecular formula is C18H34N2O3. The van der Waals surface area contributed by atoms with Crippen LogP contribution in [0.1, 0.15) is 59.8 Å². The van der Waals surface area contributed by atoms with Crippen LogP contribution in [0.5, 0.6) is 0 Å². The van der Waals surface area contributed by atoms with Crippen LogP contribution in [0.15, 0.2) is 0 Å². The standard InChI is InChI=1S/C16H28N2O3.C2H6/c1-10(15(16(20)17-3)18-11(2)19)21-9-14-8-12-4-6-13(14)7-5-12;1-2/h10,12-15H,4-9H2,1-3H3,(H,17,20)(H,18,19);1-2H3. The van der Waals surface area contributed by atoms with Crippen molar-refractivity contribution < 1.29 is 14.3 Å². The lowest BCUT2D eigenvalue weighted by Crippen LogP contribution is -2.52. The summed E-state index contributed by atoms with van der Waals surface area (Å²) < 4.78 is 5.94. The summed E-state index contributed by atoms with van der Waals surface area (Å²) >= 11 is 0. The van der Waals surface area contributed by atoms with E-state index in [-0.39, 0.29) is 17.9 Å². The van der Waals surface area contributed by atoms with Crippen LogP contribution in [0.2, 0.25) is 0 Å². The summed E-state index contributed by atoms with van der Waals surface area (Å²) in [6, 6.07) is -0.617. The SMILES string of the molecule is CC.CNC(=O)C(NC(C)=O)C(C)OCC1CC2CCC1CC2. The molecule has 2 amide bonds. The van der Waals surface area contributed by atoms with Crippen LogP contribution in [0, 0.1) is 17.8 Å². The second kappa shape index (κ2) is 9.91. The molecule has 0 heterocycles. The monoisotopic (exact) mass is 326 g/mol. The van der Waals surface area contributed by atoms with Gasteiger partial charge in [0.05, 0.1) is 12.7 Å². The van der Waals surface area contributed by atoms with E-state index in [2.05, 4.69) is 10.6 Å². The molecule has 0 spiro atoms. The first-order valence-corrected chi connectivity index (χ1v) is 9.11. The first-order chi connectivity index (χ1) is 11.0. The fourth-order valence-electron chi connectivity index (χ4n) is 3.86. The second-order valence-electron chi connectivity index (χ2n) is 6.61. The minimum absolute atomic E-state index is 0.206. The summed E-state index contributed by atoms with van der Waals surface area (Å²) in [7, 11) is 1.57. The third-order valence-corrected chi connectivity index (χ3v) is 5.12. The van der Waals surface area contributed by atoms with Gasteiger partial charge in [0.2, 0.25) is 11.8 Å². The molecule has 3 fully saturated rings. The Kier molecular flexibility index (Phi) is 8.59. The molecule has 3 saturated carbocycles. The topological polar surface area (TPSA) is 67.4 Å². The van der Waals surface area contributed by atoms with Crippen molar-refractivity contribution >= 4 is 11.8 Å². The van der Waals surface area contributed by atoms with Gasteiger partial charge in [-0.1, -0.05) is 26.7 Å². The maximum atomic E-state index is 11.9. The number of nitrogens with one attached hydrogen (secondary N) is 2. The van der Waals surface area contributed by atoms with Gasteiger partial charge in [-0.2, -0.15) is 0 Å². The van der Waals surface area contributed by atoms with Gasteiger partial charge in [-0.05, 0) is 43.9 Å². The number of rotatable bonds is 6. The van der Waals surface area contributed by atoms with Crippen molar-refractivity contribution in [2.24, 2.45) is 17.8 Å². The van der Waals surface area contributed by atoms with Gasteiger partial charge < -0.3 is 15.4 Å². The first kappa shape index (κ1) is 19.9. The number of hydrogen-bond acceptors (Lipinski definition) is 3. The number of amides is 2. The second-order valence-corrected chi connectivity index (χ2v) is 6.61. The molecule has 23 heavy (non-hydrogen) atoms. The Balaban J connectivity index is 0.00000127. The van der Waals surface area contributed by atoms with Crippen molar-refractivity contribution in [3.05, 3.63) is 0 Å². The van der Waals surface area contributed by atoms with Crippen LogP contribution in [0.3, 0.4) is 0 Å². The molecule has 0 aromatic carbocycles. The van der Waals surface area contributed by atoms with Gasteiger partial charge in [-0.15, -0.1) is 0 Å². The molecule has 5 heteroatoms. The third kappa shape index (κ3) is 5.79. The minimum Gasteiger partial charge on any atom is -0.376 e. The molecule has 0 aliphatic heterocycles. The Bertz CT molecular complexity index is 378. The zero-order valence-electron chi connectivity index (χ0n) is 15.4. The van der Waals surface area contributed by atoms with E-state index in [0.29, 0.717) is 12.5 Å². The summed E-state index contributed by atoms with van der Waals surface area (Å²) in [5.41, 5.74) is 0. The average Bonchev–Trinajstić information content (AvgIpc) is 2.59. The Labute approximate surface area is 140 Å². The molecule has 0 aromatic heterocycles. The molecular weight excluding hydrogens is 292 g/mol. The van der Waals surface area contributed by atoms with Crippen LogP contribution in [-0.2, 0) is 14.3 Å².